The van der Waals surface area contributed by atoms with Crippen molar-refractivity contribution in [1.29, 1.82) is 0 Å². The number of para-hydroxylation sites is 1. The molecule has 0 saturated carbocycles. The van der Waals surface area contributed by atoms with Crippen LogP contribution in [0.4, 0.5) is 4.39 Å². The Hall–Kier alpha value is -2.47. The van der Waals surface area contributed by atoms with Crippen molar-refractivity contribution in [2.75, 3.05) is 6.54 Å². The van der Waals surface area contributed by atoms with Crippen LogP contribution in [0.15, 0.2) is 57.8 Å². The van der Waals surface area contributed by atoms with Gasteiger partial charge in [-0.05, 0) is 31.2 Å². The van der Waals surface area contributed by atoms with Gasteiger partial charge in [-0.15, -0.1) is 0 Å². The van der Waals surface area contributed by atoms with E-state index in [1.54, 1.807) is 25.2 Å². The smallest absolute Gasteiger partial charge is 0.255 e. The molecule has 1 amide bonds. The van der Waals surface area contributed by atoms with E-state index in [2.05, 4.69) is 15.9 Å². The quantitative estimate of drug-likeness (QED) is 0.642. The molecule has 1 heterocycles. The number of rotatable bonds is 4. The molecule has 134 valence electrons. The van der Waals surface area contributed by atoms with Crippen LogP contribution in [-0.4, -0.2) is 21.9 Å². The largest absolute Gasteiger partial charge is 0.334 e. The number of benzene rings is 2. The lowest BCUT2D eigenvalue weighted by Crippen LogP contribution is -2.32. The van der Waals surface area contributed by atoms with Crippen molar-refractivity contribution in [3.63, 3.8) is 0 Å². The standard InChI is InChI=1S/C20H18BrFN2O2/c1-3-24(12-13-10-14(21)8-9-17(13)22)20(26)16-11-19(25)23(2)18-7-5-4-6-15(16)18/h4-11H,3,12H2,1-2H3. The zero-order valence-electron chi connectivity index (χ0n) is 14.5. The Morgan fingerprint density at radius 1 is 1.19 bits per heavy atom. The first kappa shape index (κ1) is 18.3. The van der Waals surface area contributed by atoms with Gasteiger partial charge in [-0.25, -0.2) is 4.39 Å². The van der Waals surface area contributed by atoms with Gasteiger partial charge < -0.3 is 9.47 Å². The fourth-order valence-electron chi connectivity index (χ4n) is 2.96. The summed E-state index contributed by atoms with van der Waals surface area (Å²) in [6, 6.07) is 13.3. The Labute approximate surface area is 159 Å². The molecule has 26 heavy (non-hydrogen) atoms. The zero-order chi connectivity index (χ0) is 18.8. The number of aryl methyl sites for hydroxylation is 1. The van der Waals surface area contributed by atoms with Crippen molar-refractivity contribution < 1.29 is 9.18 Å². The third-order valence-electron chi connectivity index (χ3n) is 4.42. The second-order valence-corrected chi connectivity index (χ2v) is 6.94. The Morgan fingerprint density at radius 2 is 1.92 bits per heavy atom. The van der Waals surface area contributed by atoms with E-state index in [9.17, 15) is 14.0 Å². The zero-order valence-corrected chi connectivity index (χ0v) is 16.1. The molecule has 0 aliphatic rings. The maximum atomic E-state index is 14.1. The number of nitrogens with zero attached hydrogens (tertiary/aromatic N) is 2. The lowest BCUT2D eigenvalue weighted by Gasteiger charge is -2.22. The summed E-state index contributed by atoms with van der Waals surface area (Å²) in [6.45, 7) is 2.36. The van der Waals surface area contributed by atoms with Crippen molar-refractivity contribution in [2.45, 2.75) is 13.5 Å². The van der Waals surface area contributed by atoms with Crippen molar-refractivity contribution in [1.82, 2.24) is 9.47 Å². The summed E-state index contributed by atoms with van der Waals surface area (Å²) in [5.41, 5.74) is 1.19. The molecule has 0 fully saturated rings. The van der Waals surface area contributed by atoms with Gasteiger partial charge in [0.2, 0.25) is 0 Å². The van der Waals surface area contributed by atoms with Gasteiger partial charge in [0, 0.05) is 41.6 Å². The Balaban J connectivity index is 2.05. The maximum Gasteiger partial charge on any atom is 0.255 e. The molecule has 0 bridgehead atoms. The predicted molar refractivity (Wildman–Crippen MR) is 104 cm³/mol. The van der Waals surface area contributed by atoms with Gasteiger partial charge in [0.15, 0.2) is 0 Å². The molecule has 0 spiro atoms. The van der Waals surface area contributed by atoms with E-state index in [-0.39, 0.29) is 23.8 Å². The second kappa shape index (κ2) is 7.41. The fourth-order valence-corrected chi connectivity index (χ4v) is 3.36. The van der Waals surface area contributed by atoms with Gasteiger partial charge >= 0.3 is 0 Å². The third-order valence-corrected chi connectivity index (χ3v) is 4.92. The number of aromatic nitrogens is 1. The Morgan fingerprint density at radius 3 is 2.65 bits per heavy atom. The molecule has 1 aromatic heterocycles. The number of hydrogen-bond acceptors (Lipinski definition) is 2. The van der Waals surface area contributed by atoms with Gasteiger partial charge in [0.05, 0.1) is 11.1 Å². The van der Waals surface area contributed by atoms with Crippen LogP contribution in [0.25, 0.3) is 10.9 Å². The van der Waals surface area contributed by atoms with Gasteiger partial charge in [-0.2, -0.15) is 0 Å². The van der Waals surface area contributed by atoms with Crippen LogP contribution in [0.3, 0.4) is 0 Å². The molecule has 4 nitrogen and oxygen atoms in total. The number of halogens is 2. The second-order valence-electron chi connectivity index (χ2n) is 6.03. The maximum absolute atomic E-state index is 14.1. The summed E-state index contributed by atoms with van der Waals surface area (Å²) in [5, 5.41) is 0.702. The fraction of sp³-hybridized carbons (Fsp3) is 0.200. The number of carbonyl (C=O) groups is 1. The highest BCUT2D eigenvalue weighted by molar-refractivity contribution is 9.10. The number of carbonyl (C=O) groups excluding carboxylic acids is 1. The van der Waals surface area contributed by atoms with Crippen LogP contribution in [0, 0.1) is 5.82 Å². The molecule has 0 N–H and O–H groups in total. The Kier molecular flexibility index (Phi) is 5.23. The Bertz CT molecular complexity index is 1050. The minimum absolute atomic E-state index is 0.129. The highest BCUT2D eigenvalue weighted by Gasteiger charge is 2.20. The molecule has 0 saturated heterocycles. The summed E-state index contributed by atoms with van der Waals surface area (Å²) in [5.74, 6) is -0.658. The summed E-state index contributed by atoms with van der Waals surface area (Å²) in [4.78, 5) is 26.9. The van der Waals surface area contributed by atoms with Gasteiger partial charge in [0.1, 0.15) is 5.82 Å². The van der Waals surface area contributed by atoms with E-state index in [0.29, 0.717) is 28.6 Å². The minimum Gasteiger partial charge on any atom is -0.334 e. The first-order chi connectivity index (χ1) is 12.4. The topological polar surface area (TPSA) is 42.3 Å². The first-order valence-electron chi connectivity index (χ1n) is 8.24. The minimum atomic E-state index is -0.367. The molecule has 3 rings (SSSR count). The van der Waals surface area contributed by atoms with E-state index < -0.39 is 0 Å². The van der Waals surface area contributed by atoms with Gasteiger partial charge in [0.25, 0.3) is 11.5 Å². The predicted octanol–water partition coefficient (Wildman–Crippen LogP) is 4.10. The third kappa shape index (κ3) is 3.42. The van der Waals surface area contributed by atoms with Crippen LogP contribution >= 0.6 is 15.9 Å². The molecule has 0 radical (unpaired) electrons. The molecule has 0 unspecified atom stereocenters. The van der Waals surface area contributed by atoms with Crippen molar-refractivity contribution in [3.8, 4) is 0 Å². The van der Waals surface area contributed by atoms with Crippen molar-refractivity contribution >= 4 is 32.7 Å². The summed E-state index contributed by atoms with van der Waals surface area (Å²) < 4.78 is 16.3. The highest BCUT2D eigenvalue weighted by atomic mass is 79.9. The molecule has 0 aliphatic carbocycles. The van der Waals surface area contributed by atoms with Crippen LogP contribution in [0.1, 0.15) is 22.8 Å². The lowest BCUT2D eigenvalue weighted by molar-refractivity contribution is 0.0753. The summed E-state index contributed by atoms with van der Waals surface area (Å²) >= 11 is 3.33. The number of pyridine rings is 1. The molecule has 6 heteroatoms. The first-order valence-corrected chi connectivity index (χ1v) is 9.03. The summed E-state index contributed by atoms with van der Waals surface area (Å²) in [7, 11) is 1.67. The van der Waals surface area contributed by atoms with Crippen LogP contribution in [-0.2, 0) is 13.6 Å². The van der Waals surface area contributed by atoms with Crippen molar-refractivity contribution in [2.24, 2.45) is 7.05 Å². The van der Waals surface area contributed by atoms with Gasteiger partial charge in [-0.3, -0.25) is 9.59 Å². The van der Waals surface area contributed by atoms with E-state index in [4.69, 9.17) is 0 Å². The lowest BCUT2D eigenvalue weighted by atomic mass is 10.1. The van der Waals surface area contributed by atoms with Crippen LogP contribution in [0.2, 0.25) is 0 Å². The SMILES string of the molecule is CCN(Cc1cc(Br)ccc1F)C(=O)c1cc(=O)n(C)c2ccccc12. The van der Waals surface area contributed by atoms with Crippen molar-refractivity contribution in [3.05, 3.63) is 80.3 Å². The highest BCUT2D eigenvalue weighted by Crippen LogP contribution is 2.21. The van der Waals surface area contributed by atoms with E-state index in [0.717, 1.165) is 4.47 Å². The molecular formula is C20H18BrFN2O2. The van der Waals surface area contributed by atoms with Crippen LogP contribution < -0.4 is 5.56 Å². The normalized spacial score (nSPS) is 10.9. The number of hydrogen-bond donors (Lipinski definition) is 0. The average molecular weight is 417 g/mol. The molecule has 3 aromatic rings. The average Bonchev–Trinajstić information content (AvgIpc) is 2.65. The number of fused-ring (bicyclic) bond motifs is 1. The van der Waals surface area contributed by atoms with E-state index >= 15 is 0 Å². The molecule has 0 aliphatic heterocycles. The molecule has 0 atom stereocenters. The summed E-state index contributed by atoms with van der Waals surface area (Å²) in [6.07, 6.45) is 0. The monoisotopic (exact) mass is 416 g/mol. The number of amides is 1. The molecule has 2 aromatic carbocycles. The van der Waals surface area contributed by atoms with E-state index in [1.165, 1.54) is 21.6 Å². The molecular weight excluding hydrogens is 399 g/mol. The van der Waals surface area contributed by atoms with Gasteiger partial charge in [-0.1, -0.05) is 34.1 Å². The van der Waals surface area contributed by atoms with Crippen LogP contribution in [0.5, 0.6) is 0 Å². The van der Waals surface area contributed by atoms with E-state index in [1.807, 2.05) is 25.1 Å².